The molecule has 2 N–H and O–H groups in total. The lowest BCUT2D eigenvalue weighted by Gasteiger charge is -2.26. The number of esters is 1. The Morgan fingerprint density at radius 2 is 2.06 bits per heavy atom. The summed E-state index contributed by atoms with van der Waals surface area (Å²) >= 11 is 0. The van der Waals surface area contributed by atoms with Gasteiger partial charge in [-0.2, -0.15) is 15.0 Å². The number of anilines is 2. The third kappa shape index (κ3) is 2.59. The Balaban J connectivity index is 2.27. The maximum Gasteiger partial charge on any atom is 0.376 e. The molecule has 8 heteroatoms. The van der Waals surface area contributed by atoms with Gasteiger partial charge in [-0.1, -0.05) is 0 Å². The molecule has 1 aromatic rings. The molecular weight excluding hydrogens is 226 g/mol. The van der Waals surface area contributed by atoms with Crippen LogP contribution in [0, 0.1) is 0 Å². The van der Waals surface area contributed by atoms with Gasteiger partial charge in [-0.15, -0.1) is 0 Å². The molecule has 0 aromatic carbocycles. The maximum absolute atomic E-state index is 11.3. The second kappa shape index (κ2) is 4.91. The van der Waals surface area contributed by atoms with Gasteiger partial charge in [-0.3, -0.25) is 0 Å². The maximum atomic E-state index is 11.3. The van der Waals surface area contributed by atoms with E-state index in [1.807, 2.05) is 4.90 Å². The average Bonchev–Trinajstić information content (AvgIpc) is 2.38. The highest BCUT2D eigenvalue weighted by Crippen LogP contribution is 2.11. The first-order chi connectivity index (χ1) is 8.20. The number of nitrogens with two attached hydrogens (primary N) is 1. The Morgan fingerprint density at radius 1 is 1.35 bits per heavy atom. The van der Waals surface area contributed by atoms with Crippen molar-refractivity contribution in [2.24, 2.45) is 0 Å². The fourth-order valence-electron chi connectivity index (χ4n) is 1.47. The van der Waals surface area contributed by atoms with Crippen molar-refractivity contribution in [3.8, 4) is 0 Å². The van der Waals surface area contributed by atoms with Crippen LogP contribution in [0.5, 0.6) is 0 Å². The van der Waals surface area contributed by atoms with Crippen molar-refractivity contribution in [1.29, 1.82) is 0 Å². The molecule has 0 amide bonds. The third-order valence-electron chi connectivity index (χ3n) is 2.30. The van der Waals surface area contributed by atoms with Crippen molar-refractivity contribution < 1.29 is 14.3 Å². The van der Waals surface area contributed by atoms with E-state index in [1.54, 1.807) is 0 Å². The summed E-state index contributed by atoms with van der Waals surface area (Å²) in [7, 11) is 1.26. The van der Waals surface area contributed by atoms with Crippen LogP contribution < -0.4 is 10.6 Å². The summed E-state index contributed by atoms with van der Waals surface area (Å²) in [5.41, 5.74) is 5.53. The normalized spacial score (nSPS) is 15.7. The zero-order valence-corrected chi connectivity index (χ0v) is 9.42. The zero-order valence-electron chi connectivity index (χ0n) is 9.42. The van der Waals surface area contributed by atoms with Crippen LogP contribution in [0.15, 0.2) is 0 Å². The minimum Gasteiger partial charge on any atom is -0.463 e. The van der Waals surface area contributed by atoms with Crippen LogP contribution in [0.3, 0.4) is 0 Å². The van der Waals surface area contributed by atoms with Gasteiger partial charge in [0.25, 0.3) is 0 Å². The van der Waals surface area contributed by atoms with Crippen molar-refractivity contribution in [1.82, 2.24) is 15.0 Å². The summed E-state index contributed by atoms with van der Waals surface area (Å²) in [4.78, 5) is 24.9. The molecule has 0 bridgehead atoms. The van der Waals surface area contributed by atoms with Crippen molar-refractivity contribution in [2.75, 3.05) is 44.0 Å². The summed E-state index contributed by atoms with van der Waals surface area (Å²) < 4.78 is 9.76. The Hall–Kier alpha value is -1.96. The molecule has 0 saturated carbocycles. The van der Waals surface area contributed by atoms with Gasteiger partial charge in [-0.05, 0) is 0 Å². The third-order valence-corrected chi connectivity index (χ3v) is 2.30. The van der Waals surface area contributed by atoms with Gasteiger partial charge < -0.3 is 20.1 Å². The molecule has 0 atom stereocenters. The predicted octanol–water partition coefficient (Wildman–Crippen LogP) is -0.923. The fraction of sp³-hybridized carbons (Fsp3) is 0.556. The number of morpholine rings is 1. The molecule has 2 rings (SSSR count). The Bertz CT molecular complexity index is 419. The van der Waals surface area contributed by atoms with Crippen LogP contribution >= 0.6 is 0 Å². The van der Waals surface area contributed by atoms with Crippen molar-refractivity contribution in [3.63, 3.8) is 0 Å². The Kier molecular flexibility index (Phi) is 3.33. The highest BCUT2D eigenvalue weighted by Gasteiger charge is 2.18. The van der Waals surface area contributed by atoms with Gasteiger partial charge in [0.2, 0.25) is 17.7 Å². The van der Waals surface area contributed by atoms with Gasteiger partial charge >= 0.3 is 5.97 Å². The lowest BCUT2D eigenvalue weighted by atomic mass is 10.4. The van der Waals surface area contributed by atoms with Crippen LogP contribution in [0.1, 0.15) is 10.6 Å². The van der Waals surface area contributed by atoms with E-state index in [9.17, 15) is 4.79 Å². The molecule has 1 aliphatic rings. The molecular formula is C9H13N5O3. The number of aromatic nitrogens is 3. The zero-order chi connectivity index (χ0) is 12.3. The first-order valence-corrected chi connectivity index (χ1v) is 5.13. The summed E-state index contributed by atoms with van der Waals surface area (Å²) in [6.07, 6.45) is 0. The molecule has 0 spiro atoms. The summed E-state index contributed by atoms with van der Waals surface area (Å²) in [5, 5.41) is 0. The molecule has 2 heterocycles. The molecule has 17 heavy (non-hydrogen) atoms. The summed E-state index contributed by atoms with van der Waals surface area (Å²) in [5.74, 6) is -0.335. The largest absolute Gasteiger partial charge is 0.463 e. The number of rotatable bonds is 2. The smallest absolute Gasteiger partial charge is 0.376 e. The van der Waals surface area contributed by atoms with Crippen LogP contribution in [-0.4, -0.2) is 54.3 Å². The van der Waals surface area contributed by atoms with Gasteiger partial charge in [0.1, 0.15) is 0 Å². The molecule has 1 aromatic heterocycles. The van der Waals surface area contributed by atoms with Gasteiger partial charge in [0.05, 0.1) is 20.3 Å². The first kappa shape index (κ1) is 11.5. The van der Waals surface area contributed by atoms with Crippen molar-refractivity contribution in [3.05, 3.63) is 5.82 Å². The number of nitrogen functional groups attached to an aromatic ring is 1. The van der Waals surface area contributed by atoms with E-state index in [1.165, 1.54) is 7.11 Å². The second-order valence-corrected chi connectivity index (χ2v) is 3.41. The number of methoxy groups -OCH3 is 1. The lowest BCUT2D eigenvalue weighted by Crippen LogP contribution is -2.37. The number of carbonyl (C=O) groups excluding carboxylic acids is 1. The van der Waals surface area contributed by atoms with E-state index in [0.717, 1.165) is 0 Å². The standard InChI is InChI=1S/C9H13N5O3/c1-16-7(15)6-11-8(10)13-9(12-6)14-2-4-17-5-3-14/h2-5H2,1H3,(H2,10,11,12,13). The van der Waals surface area contributed by atoms with Crippen LogP contribution in [0.25, 0.3) is 0 Å². The SMILES string of the molecule is COC(=O)c1nc(N)nc(N2CCOCC2)n1. The van der Waals surface area contributed by atoms with E-state index in [4.69, 9.17) is 10.5 Å². The Labute approximate surface area is 97.8 Å². The number of nitrogens with zero attached hydrogens (tertiary/aromatic N) is 4. The Morgan fingerprint density at radius 3 is 2.71 bits per heavy atom. The molecule has 1 saturated heterocycles. The summed E-state index contributed by atoms with van der Waals surface area (Å²) in [6, 6.07) is 0. The predicted molar refractivity (Wildman–Crippen MR) is 58.6 cm³/mol. The van der Waals surface area contributed by atoms with Crippen molar-refractivity contribution in [2.45, 2.75) is 0 Å². The quantitative estimate of drug-likeness (QED) is 0.660. The van der Waals surface area contributed by atoms with E-state index in [-0.39, 0.29) is 11.8 Å². The van der Waals surface area contributed by atoms with Crippen LogP contribution in [0.4, 0.5) is 11.9 Å². The number of carbonyl (C=O) groups is 1. The van der Waals surface area contributed by atoms with Gasteiger partial charge in [0, 0.05) is 13.1 Å². The van der Waals surface area contributed by atoms with Crippen molar-refractivity contribution >= 4 is 17.9 Å². The minimum atomic E-state index is -0.631. The number of hydrogen-bond acceptors (Lipinski definition) is 8. The van der Waals surface area contributed by atoms with Crippen LogP contribution in [-0.2, 0) is 9.47 Å². The summed E-state index contributed by atoms with van der Waals surface area (Å²) in [6.45, 7) is 2.51. The van der Waals surface area contributed by atoms with Crippen LogP contribution in [0.2, 0.25) is 0 Å². The van der Waals surface area contributed by atoms with E-state index < -0.39 is 5.97 Å². The van der Waals surface area contributed by atoms with E-state index >= 15 is 0 Å². The highest BCUT2D eigenvalue weighted by atomic mass is 16.5. The molecule has 0 radical (unpaired) electrons. The van der Waals surface area contributed by atoms with Gasteiger partial charge in [-0.25, -0.2) is 4.79 Å². The fourth-order valence-corrected chi connectivity index (χ4v) is 1.47. The molecule has 1 fully saturated rings. The monoisotopic (exact) mass is 239 g/mol. The lowest BCUT2D eigenvalue weighted by molar-refractivity contribution is 0.0586. The molecule has 1 aliphatic heterocycles. The molecule has 0 aliphatic carbocycles. The number of ether oxygens (including phenoxy) is 2. The van der Waals surface area contributed by atoms with Gasteiger partial charge in [0.15, 0.2) is 0 Å². The molecule has 0 unspecified atom stereocenters. The van der Waals surface area contributed by atoms with E-state index in [0.29, 0.717) is 32.3 Å². The first-order valence-electron chi connectivity index (χ1n) is 5.13. The second-order valence-electron chi connectivity index (χ2n) is 3.41. The topological polar surface area (TPSA) is 103 Å². The molecule has 92 valence electrons. The minimum absolute atomic E-state index is 0.00175. The molecule has 8 nitrogen and oxygen atoms in total. The number of hydrogen-bond donors (Lipinski definition) is 1. The average molecular weight is 239 g/mol. The highest BCUT2D eigenvalue weighted by molar-refractivity contribution is 5.85. The van der Waals surface area contributed by atoms with E-state index in [2.05, 4.69) is 19.7 Å².